The predicted molar refractivity (Wildman–Crippen MR) is 115 cm³/mol. The van der Waals surface area contributed by atoms with Crippen LogP contribution >= 0.6 is 0 Å². The first-order valence-corrected chi connectivity index (χ1v) is 12.3. The van der Waals surface area contributed by atoms with Crippen LogP contribution < -0.4 is 0 Å². The molecule has 5 nitrogen and oxygen atoms in total. The fourth-order valence-electron chi connectivity index (χ4n) is 4.44. The lowest BCUT2D eigenvalue weighted by atomic mass is 10.3. The van der Waals surface area contributed by atoms with Crippen molar-refractivity contribution in [3.63, 3.8) is 0 Å². The van der Waals surface area contributed by atoms with Crippen molar-refractivity contribution < 1.29 is 22.5 Å². The van der Waals surface area contributed by atoms with Crippen LogP contribution in [0.3, 0.4) is 0 Å². The molecule has 0 aliphatic rings. The van der Waals surface area contributed by atoms with Crippen LogP contribution in [0, 0.1) is 0 Å². The second kappa shape index (κ2) is 8.59. The molecule has 0 bridgehead atoms. The Morgan fingerprint density at radius 1 is 0.759 bits per heavy atom. The van der Waals surface area contributed by atoms with Crippen molar-refractivity contribution in [3.8, 4) is 23.0 Å². The molecule has 0 N–H and O–H groups in total. The van der Waals surface area contributed by atoms with Crippen LogP contribution in [0.25, 0.3) is 23.0 Å². The molecule has 0 spiro atoms. The van der Waals surface area contributed by atoms with Gasteiger partial charge in [0.05, 0.1) is 6.61 Å². The maximum atomic E-state index is 10.8. The average Bonchev–Trinajstić information content (AvgIpc) is 3.40. The standard InChI is InChI=1S/C23H30O5Si/c1-15(2)29(16(3)4,17(5)6)25-14-19-8-10-21(27-19)23-12-11-22(28-23)20-9-7-18(13-24)26-20/h7-13,15-17H,14H2,1-6H3. The molecule has 0 atom stereocenters. The number of rotatable bonds is 9. The van der Waals surface area contributed by atoms with E-state index in [-0.39, 0.29) is 5.76 Å². The summed E-state index contributed by atoms with van der Waals surface area (Å²) in [6.07, 6.45) is 0.668. The van der Waals surface area contributed by atoms with Crippen LogP contribution in [0.2, 0.25) is 16.6 Å². The third kappa shape index (κ3) is 4.18. The summed E-state index contributed by atoms with van der Waals surface area (Å²) in [6.45, 7) is 14.1. The number of carbonyl (C=O) groups is 1. The van der Waals surface area contributed by atoms with Crippen molar-refractivity contribution >= 4 is 14.6 Å². The highest BCUT2D eigenvalue weighted by Crippen LogP contribution is 2.43. The summed E-state index contributed by atoms with van der Waals surface area (Å²) in [5.41, 5.74) is 1.57. The normalized spacial score (nSPS) is 12.4. The van der Waals surface area contributed by atoms with E-state index < -0.39 is 8.32 Å². The maximum Gasteiger partial charge on any atom is 0.201 e. The van der Waals surface area contributed by atoms with Gasteiger partial charge in [0.2, 0.25) is 8.32 Å². The molecule has 0 aliphatic carbocycles. The SMILES string of the molecule is CC(C)[Si](OCc1ccc(-c2ccc(-c3ccc(C=O)o3)o2)o1)(C(C)C)C(C)C. The van der Waals surface area contributed by atoms with Gasteiger partial charge in [-0.1, -0.05) is 41.5 Å². The molecule has 6 heteroatoms. The quantitative estimate of drug-likeness (QED) is 0.271. The molecule has 3 rings (SSSR count). The Balaban J connectivity index is 1.75. The van der Waals surface area contributed by atoms with Crippen LogP contribution in [0.1, 0.15) is 57.9 Å². The second-order valence-electron chi connectivity index (χ2n) is 8.36. The van der Waals surface area contributed by atoms with Crippen LogP contribution in [0.4, 0.5) is 0 Å². The van der Waals surface area contributed by atoms with E-state index in [0.717, 1.165) is 5.76 Å². The zero-order chi connectivity index (χ0) is 21.2. The second-order valence-corrected chi connectivity index (χ2v) is 13.8. The van der Waals surface area contributed by atoms with Crippen LogP contribution in [0.15, 0.2) is 49.6 Å². The molecule has 0 unspecified atom stereocenters. The third-order valence-electron chi connectivity index (χ3n) is 5.67. The predicted octanol–water partition coefficient (Wildman–Crippen LogP) is 7.30. The summed E-state index contributed by atoms with van der Waals surface area (Å²) in [5.74, 6) is 3.36. The van der Waals surface area contributed by atoms with Crippen LogP contribution in [-0.4, -0.2) is 14.6 Å². The van der Waals surface area contributed by atoms with Crippen molar-refractivity contribution in [3.05, 3.63) is 47.9 Å². The monoisotopic (exact) mass is 414 g/mol. The Hall–Kier alpha value is -2.31. The van der Waals surface area contributed by atoms with Gasteiger partial charge < -0.3 is 17.7 Å². The molecule has 3 aromatic heterocycles. The Labute approximate surface area is 173 Å². The molecular formula is C23H30O5Si. The molecule has 29 heavy (non-hydrogen) atoms. The molecule has 0 fully saturated rings. The summed E-state index contributed by atoms with van der Waals surface area (Å²) < 4.78 is 23.9. The average molecular weight is 415 g/mol. The van der Waals surface area contributed by atoms with E-state index in [1.807, 2.05) is 18.2 Å². The van der Waals surface area contributed by atoms with E-state index in [0.29, 0.717) is 52.6 Å². The van der Waals surface area contributed by atoms with Gasteiger partial charge >= 0.3 is 0 Å². The topological polar surface area (TPSA) is 65.7 Å². The Bertz CT molecular complexity index is 922. The first-order valence-electron chi connectivity index (χ1n) is 10.2. The fraction of sp³-hybridized carbons (Fsp3) is 0.435. The van der Waals surface area contributed by atoms with Crippen molar-refractivity contribution in [2.45, 2.75) is 64.8 Å². The Kier molecular flexibility index (Phi) is 6.34. The van der Waals surface area contributed by atoms with E-state index in [1.165, 1.54) is 0 Å². The molecule has 0 radical (unpaired) electrons. The van der Waals surface area contributed by atoms with Crippen LogP contribution in [-0.2, 0) is 11.0 Å². The van der Waals surface area contributed by atoms with E-state index >= 15 is 0 Å². The molecule has 0 aliphatic heterocycles. The zero-order valence-corrected chi connectivity index (χ0v) is 19.0. The third-order valence-corrected chi connectivity index (χ3v) is 11.7. The van der Waals surface area contributed by atoms with Gasteiger partial charge in [-0.15, -0.1) is 0 Å². The minimum Gasteiger partial charge on any atom is -0.455 e. The lowest BCUT2D eigenvalue weighted by Crippen LogP contribution is -2.47. The van der Waals surface area contributed by atoms with Gasteiger partial charge in [0.15, 0.2) is 35.1 Å². The highest BCUT2D eigenvalue weighted by atomic mass is 28.4. The van der Waals surface area contributed by atoms with Crippen molar-refractivity contribution in [1.82, 2.24) is 0 Å². The molecule has 156 valence electrons. The van der Waals surface area contributed by atoms with E-state index in [2.05, 4.69) is 41.5 Å². The van der Waals surface area contributed by atoms with Gasteiger partial charge in [-0.3, -0.25) is 4.79 Å². The lowest BCUT2D eigenvalue weighted by molar-refractivity contribution is 0.110. The van der Waals surface area contributed by atoms with E-state index in [9.17, 15) is 4.79 Å². The lowest BCUT2D eigenvalue weighted by Gasteiger charge is -2.41. The number of aldehydes is 1. The molecule has 0 saturated heterocycles. The summed E-state index contributed by atoms with van der Waals surface area (Å²) >= 11 is 0. The highest BCUT2D eigenvalue weighted by Gasteiger charge is 2.45. The summed E-state index contributed by atoms with van der Waals surface area (Å²) in [5, 5.41) is 0. The first kappa shape index (κ1) is 21.4. The smallest absolute Gasteiger partial charge is 0.201 e. The Morgan fingerprint density at radius 2 is 1.24 bits per heavy atom. The summed E-state index contributed by atoms with van der Waals surface area (Å²) in [6, 6.07) is 10.8. The highest BCUT2D eigenvalue weighted by molar-refractivity contribution is 6.77. The number of carbonyl (C=O) groups excluding carboxylic acids is 1. The minimum atomic E-state index is -1.95. The summed E-state index contributed by atoms with van der Waals surface area (Å²) in [4.78, 5) is 10.8. The van der Waals surface area contributed by atoms with Gasteiger partial charge in [0.25, 0.3) is 0 Å². The van der Waals surface area contributed by atoms with Crippen molar-refractivity contribution in [2.75, 3.05) is 0 Å². The van der Waals surface area contributed by atoms with Gasteiger partial charge in [-0.2, -0.15) is 0 Å². The Morgan fingerprint density at radius 3 is 1.76 bits per heavy atom. The van der Waals surface area contributed by atoms with Crippen LogP contribution in [0.5, 0.6) is 0 Å². The number of hydrogen-bond acceptors (Lipinski definition) is 5. The minimum absolute atomic E-state index is 0.267. The van der Waals surface area contributed by atoms with Crippen molar-refractivity contribution in [1.29, 1.82) is 0 Å². The molecule has 0 saturated carbocycles. The maximum absolute atomic E-state index is 10.8. The van der Waals surface area contributed by atoms with Gasteiger partial charge in [-0.25, -0.2) is 0 Å². The largest absolute Gasteiger partial charge is 0.455 e. The summed E-state index contributed by atoms with van der Waals surface area (Å²) in [7, 11) is -1.95. The molecule has 3 heterocycles. The zero-order valence-electron chi connectivity index (χ0n) is 18.0. The van der Waals surface area contributed by atoms with Gasteiger partial charge in [0, 0.05) is 0 Å². The first-order chi connectivity index (χ1) is 13.8. The molecule has 0 amide bonds. The fourth-order valence-corrected chi connectivity index (χ4v) is 9.83. The molecule has 0 aromatic carbocycles. The van der Waals surface area contributed by atoms with Gasteiger partial charge in [0.1, 0.15) is 5.76 Å². The molecule has 3 aromatic rings. The molecular weight excluding hydrogens is 384 g/mol. The van der Waals surface area contributed by atoms with E-state index in [1.54, 1.807) is 18.2 Å². The number of furan rings is 3. The van der Waals surface area contributed by atoms with Gasteiger partial charge in [-0.05, 0) is 53.0 Å². The number of hydrogen-bond donors (Lipinski definition) is 0. The van der Waals surface area contributed by atoms with E-state index in [4.69, 9.17) is 17.7 Å². The van der Waals surface area contributed by atoms with Crippen molar-refractivity contribution in [2.24, 2.45) is 0 Å².